The Morgan fingerprint density at radius 1 is 1.12 bits per heavy atom. The van der Waals surface area contributed by atoms with E-state index in [0.29, 0.717) is 5.69 Å². The molecule has 2 aromatic carbocycles. The fraction of sp³-hybridized carbons (Fsp3) is 0.143. The average molecular weight is 345 g/mol. The number of anilines is 1. The van der Waals surface area contributed by atoms with Gasteiger partial charge in [-0.3, -0.25) is 4.79 Å². The standard InChI is InChI=1S/C21H19N3O2/c1-14-7-9-16(10-8-14)11-24-12-18(17-5-3-4-6-19(17)24)23-21(25)20-15(2)22-13-26-20/h3-10,12-13H,11H2,1-2H3,(H,23,25). The second-order valence-electron chi connectivity index (χ2n) is 6.39. The predicted molar refractivity (Wildman–Crippen MR) is 101 cm³/mol. The molecule has 0 aliphatic rings. The summed E-state index contributed by atoms with van der Waals surface area (Å²) in [5.41, 5.74) is 4.85. The lowest BCUT2D eigenvalue weighted by Gasteiger charge is -2.05. The lowest BCUT2D eigenvalue weighted by molar-refractivity contribution is 0.0996. The number of fused-ring (bicyclic) bond motifs is 1. The molecule has 0 atom stereocenters. The summed E-state index contributed by atoms with van der Waals surface area (Å²) >= 11 is 0. The van der Waals surface area contributed by atoms with Gasteiger partial charge in [-0.15, -0.1) is 0 Å². The third-order valence-electron chi connectivity index (χ3n) is 4.46. The van der Waals surface area contributed by atoms with Gasteiger partial charge in [-0.05, 0) is 25.5 Å². The molecule has 1 N–H and O–H groups in total. The Morgan fingerprint density at radius 2 is 1.88 bits per heavy atom. The molecule has 0 spiro atoms. The van der Waals surface area contributed by atoms with Crippen molar-refractivity contribution in [1.82, 2.24) is 9.55 Å². The number of carbonyl (C=O) groups is 1. The number of benzene rings is 2. The lowest BCUT2D eigenvalue weighted by atomic mass is 10.1. The summed E-state index contributed by atoms with van der Waals surface area (Å²) in [5.74, 6) is -0.0568. The maximum atomic E-state index is 12.5. The Bertz CT molecular complexity index is 1070. The summed E-state index contributed by atoms with van der Waals surface area (Å²) in [5, 5.41) is 3.94. The van der Waals surface area contributed by atoms with Crippen molar-refractivity contribution in [1.29, 1.82) is 0 Å². The Hall–Kier alpha value is -3.34. The zero-order valence-corrected chi connectivity index (χ0v) is 14.7. The van der Waals surface area contributed by atoms with Crippen LogP contribution in [0.3, 0.4) is 0 Å². The highest BCUT2D eigenvalue weighted by Crippen LogP contribution is 2.27. The molecular formula is C21H19N3O2. The van der Waals surface area contributed by atoms with Gasteiger partial charge in [-0.25, -0.2) is 4.98 Å². The van der Waals surface area contributed by atoms with Crippen molar-refractivity contribution in [3.05, 3.63) is 83.7 Å². The van der Waals surface area contributed by atoms with Crippen LogP contribution in [0.15, 0.2) is 65.5 Å². The van der Waals surface area contributed by atoms with E-state index in [-0.39, 0.29) is 11.7 Å². The smallest absolute Gasteiger partial charge is 0.293 e. The fourth-order valence-electron chi connectivity index (χ4n) is 3.07. The molecule has 0 aliphatic carbocycles. The van der Waals surface area contributed by atoms with Gasteiger partial charge in [0, 0.05) is 18.1 Å². The van der Waals surface area contributed by atoms with Crippen molar-refractivity contribution >= 4 is 22.5 Å². The largest absolute Gasteiger partial charge is 0.438 e. The predicted octanol–water partition coefficient (Wildman–Crippen LogP) is 4.55. The van der Waals surface area contributed by atoms with Crippen LogP contribution < -0.4 is 5.32 Å². The van der Waals surface area contributed by atoms with Crippen molar-refractivity contribution in [2.75, 3.05) is 5.32 Å². The first-order valence-corrected chi connectivity index (χ1v) is 8.46. The van der Waals surface area contributed by atoms with Gasteiger partial charge in [0.05, 0.1) is 16.9 Å². The van der Waals surface area contributed by atoms with E-state index in [1.165, 1.54) is 17.5 Å². The molecule has 2 heterocycles. The van der Waals surface area contributed by atoms with Crippen LogP contribution in [0.5, 0.6) is 0 Å². The second kappa shape index (κ2) is 6.52. The lowest BCUT2D eigenvalue weighted by Crippen LogP contribution is -2.12. The SMILES string of the molecule is Cc1ccc(Cn2cc(NC(=O)c3ocnc3C)c3ccccc32)cc1. The van der Waals surface area contributed by atoms with Gasteiger partial charge < -0.3 is 14.3 Å². The maximum absolute atomic E-state index is 12.5. The summed E-state index contributed by atoms with van der Waals surface area (Å²) in [7, 11) is 0. The van der Waals surface area contributed by atoms with Crippen LogP contribution in [0.25, 0.3) is 10.9 Å². The van der Waals surface area contributed by atoms with Crippen LogP contribution >= 0.6 is 0 Å². The van der Waals surface area contributed by atoms with E-state index in [1.807, 2.05) is 24.4 Å². The maximum Gasteiger partial charge on any atom is 0.293 e. The number of aromatic nitrogens is 2. The third-order valence-corrected chi connectivity index (χ3v) is 4.46. The fourth-order valence-corrected chi connectivity index (χ4v) is 3.07. The second-order valence-corrected chi connectivity index (χ2v) is 6.39. The Morgan fingerprint density at radius 3 is 2.62 bits per heavy atom. The van der Waals surface area contributed by atoms with Gasteiger partial charge >= 0.3 is 0 Å². The molecule has 0 saturated carbocycles. The quantitative estimate of drug-likeness (QED) is 0.590. The molecule has 4 aromatic rings. The Labute approximate surface area is 151 Å². The number of oxazole rings is 1. The topological polar surface area (TPSA) is 60.1 Å². The van der Waals surface area contributed by atoms with Crippen molar-refractivity contribution in [2.45, 2.75) is 20.4 Å². The molecular weight excluding hydrogens is 326 g/mol. The summed E-state index contributed by atoms with van der Waals surface area (Å²) in [4.78, 5) is 16.5. The van der Waals surface area contributed by atoms with Gasteiger partial charge in [0.2, 0.25) is 5.76 Å². The zero-order valence-electron chi connectivity index (χ0n) is 14.7. The van der Waals surface area contributed by atoms with Gasteiger partial charge in [-0.1, -0.05) is 48.0 Å². The molecule has 1 amide bonds. The van der Waals surface area contributed by atoms with E-state index in [4.69, 9.17) is 4.42 Å². The van der Waals surface area contributed by atoms with E-state index in [9.17, 15) is 4.79 Å². The summed E-state index contributed by atoms with van der Waals surface area (Å²) < 4.78 is 7.34. The molecule has 0 fully saturated rings. The third kappa shape index (κ3) is 2.99. The van der Waals surface area contributed by atoms with Crippen molar-refractivity contribution in [3.8, 4) is 0 Å². The minimum absolute atomic E-state index is 0.236. The summed E-state index contributed by atoms with van der Waals surface area (Å²) in [6.07, 6.45) is 3.25. The van der Waals surface area contributed by atoms with Gasteiger partial charge in [0.1, 0.15) is 0 Å². The average Bonchev–Trinajstić information content (AvgIpc) is 3.22. The minimum Gasteiger partial charge on any atom is -0.438 e. The van der Waals surface area contributed by atoms with Crippen molar-refractivity contribution in [3.63, 3.8) is 0 Å². The first-order chi connectivity index (χ1) is 12.6. The number of carbonyl (C=O) groups excluding carboxylic acids is 1. The number of rotatable bonds is 4. The Balaban J connectivity index is 1.68. The Kier molecular flexibility index (Phi) is 4.05. The number of para-hydroxylation sites is 1. The van der Waals surface area contributed by atoms with Crippen LogP contribution in [0.2, 0.25) is 0 Å². The molecule has 0 aliphatic heterocycles. The van der Waals surface area contributed by atoms with E-state index in [1.54, 1.807) is 6.92 Å². The number of hydrogen-bond acceptors (Lipinski definition) is 3. The van der Waals surface area contributed by atoms with Crippen molar-refractivity contribution in [2.24, 2.45) is 0 Å². The molecule has 0 bridgehead atoms. The normalized spacial score (nSPS) is 11.0. The molecule has 0 radical (unpaired) electrons. The van der Waals surface area contributed by atoms with E-state index in [0.717, 1.165) is 23.1 Å². The van der Waals surface area contributed by atoms with E-state index >= 15 is 0 Å². The minimum atomic E-state index is -0.293. The first-order valence-electron chi connectivity index (χ1n) is 8.46. The number of aryl methyl sites for hydroxylation is 2. The van der Waals surface area contributed by atoms with Gasteiger partial charge in [0.25, 0.3) is 5.91 Å². The molecule has 0 unspecified atom stereocenters. The summed E-state index contributed by atoms with van der Waals surface area (Å²) in [6, 6.07) is 16.5. The number of amides is 1. The zero-order chi connectivity index (χ0) is 18.1. The van der Waals surface area contributed by atoms with Crippen LogP contribution in [0.4, 0.5) is 5.69 Å². The van der Waals surface area contributed by atoms with Gasteiger partial charge in [-0.2, -0.15) is 0 Å². The number of nitrogens with zero attached hydrogens (tertiary/aromatic N) is 2. The summed E-state index contributed by atoms with van der Waals surface area (Å²) in [6.45, 7) is 4.56. The molecule has 2 aromatic heterocycles. The van der Waals surface area contributed by atoms with Crippen LogP contribution in [-0.2, 0) is 6.54 Å². The molecule has 5 nitrogen and oxygen atoms in total. The van der Waals surface area contributed by atoms with Crippen molar-refractivity contribution < 1.29 is 9.21 Å². The molecule has 5 heteroatoms. The number of nitrogens with one attached hydrogen (secondary N) is 1. The van der Waals surface area contributed by atoms with Gasteiger partial charge in [0.15, 0.2) is 6.39 Å². The number of hydrogen-bond donors (Lipinski definition) is 1. The highest BCUT2D eigenvalue weighted by atomic mass is 16.3. The van der Waals surface area contributed by atoms with Crippen LogP contribution in [0, 0.1) is 13.8 Å². The highest BCUT2D eigenvalue weighted by Gasteiger charge is 2.17. The molecule has 130 valence electrons. The first kappa shape index (κ1) is 16.1. The van der Waals surface area contributed by atoms with E-state index < -0.39 is 0 Å². The van der Waals surface area contributed by atoms with E-state index in [2.05, 4.69) is 52.1 Å². The molecule has 4 rings (SSSR count). The van der Waals surface area contributed by atoms with Crippen LogP contribution in [0.1, 0.15) is 27.4 Å². The monoisotopic (exact) mass is 345 g/mol. The highest BCUT2D eigenvalue weighted by molar-refractivity contribution is 6.08. The van der Waals surface area contributed by atoms with Crippen LogP contribution in [-0.4, -0.2) is 15.5 Å². The molecule has 26 heavy (non-hydrogen) atoms. The molecule has 0 saturated heterocycles.